The summed E-state index contributed by atoms with van der Waals surface area (Å²) < 4.78 is 13.4. The first-order chi connectivity index (χ1) is 8.63. The van der Waals surface area contributed by atoms with E-state index in [4.69, 9.17) is 17.3 Å². The summed E-state index contributed by atoms with van der Waals surface area (Å²) in [6.45, 7) is 0.696. The summed E-state index contributed by atoms with van der Waals surface area (Å²) in [5.74, 6) is -0.306. The molecular formula is C14H19ClFNO. The fraction of sp³-hybridized carbons (Fsp3) is 0.500. The molecule has 1 aromatic rings. The Bertz CT molecular complexity index is 395. The average Bonchev–Trinajstić information content (AvgIpc) is 2.33. The first-order valence-electron chi connectivity index (χ1n) is 6.29. The summed E-state index contributed by atoms with van der Waals surface area (Å²) in [4.78, 5) is 11.7. The molecule has 2 nitrogen and oxygen atoms in total. The van der Waals surface area contributed by atoms with E-state index in [1.54, 1.807) is 0 Å². The largest absolute Gasteiger partial charge is 0.330 e. The van der Waals surface area contributed by atoms with Crippen LogP contribution in [0.3, 0.4) is 0 Å². The molecule has 0 saturated heterocycles. The van der Waals surface area contributed by atoms with Crippen molar-refractivity contribution < 1.29 is 9.18 Å². The average molecular weight is 272 g/mol. The number of Topliss-reactive ketones (excluding diaryl/α,β-unsaturated/α-hetero) is 1. The lowest BCUT2D eigenvalue weighted by Gasteiger charge is -2.04. The van der Waals surface area contributed by atoms with E-state index in [0.29, 0.717) is 23.6 Å². The van der Waals surface area contributed by atoms with Crippen molar-refractivity contribution in [2.45, 2.75) is 38.5 Å². The minimum absolute atomic E-state index is 0.0592. The molecular weight excluding hydrogens is 253 g/mol. The molecule has 0 heterocycles. The zero-order valence-electron chi connectivity index (χ0n) is 10.4. The molecule has 100 valence electrons. The van der Waals surface area contributed by atoms with Crippen molar-refractivity contribution in [1.82, 2.24) is 0 Å². The maximum atomic E-state index is 13.4. The maximum Gasteiger partial charge on any atom is 0.137 e. The van der Waals surface area contributed by atoms with Crippen molar-refractivity contribution in [2.75, 3.05) is 6.54 Å². The lowest BCUT2D eigenvalue weighted by atomic mass is 10.0. The van der Waals surface area contributed by atoms with Crippen LogP contribution in [0.25, 0.3) is 0 Å². The fourth-order valence-electron chi connectivity index (χ4n) is 1.80. The standard InChI is InChI=1S/C14H19ClFNO/c15-12-6-7-14(16)11(9-12)10-13(18)5-3-1-2-4-8-17/h6-7,9H,1-5,8,10,17H2. The molecule has 0 spiro atoms. The van der Waals surface area contributed by atoms with Crippen molar-refractivity contribution in [2.24, 2.45) is 5.73 Å². The number of hydrogen-bond donors (Lipinski definition) is 1. The number of benzene rings is 1. The van der Waals surface area contributed by atoms with Gasteiger partial charge in [0, 0.05) is 17.9 Å². The highest BCUT2D eigenvalue weighted by molar-refractivity contribution is 6.30. The second-order valence-electron chi connectivity index (χ2n) is 4.40. The van der Waals surface area contributed by atoms with E-state index in [2.05, 4.69) is 0 Å². The summed E-state index contributed by atoms with van der Waals surface area (Å²) >= 11 is 5.77. The fourth-order valence-corrected chi connectivity index (χ4v) is 1.99. The molecule has 1 rings (SSSR count). The number of rotatable bonds is 8. The SMILES string of the molecule is NCCCCCCC(=O)Cc1cc(Cl)ccc1F. The summed E-state index contributed by atoms with van der Waals surface area (Å²) in [7, 11) is 0. The highest BCUT2D eigenvalue weighted by Gasteiger charge is 2.08. The predicted molar refractivity (Wildman–Crippen MR) is 72.3 cm³/mol. The third-order valence-electron chi connectivity index (χ3n) is 2.81. The first kappa shape index (κ1) is 15.1. The van der Waals surface area contributed by atoms with Gasteiger partial charge in [0.1, 0.15) is 11.6 Å². The topological polar surface area (TPSA) is 43.1 Å². The molecule has 18 heavy (non-hydrogen) atoms. The number of carbonyl (C=O) groups excluding carboxylic acids is 1. The normalized spacial score (nSPS) is 10.6. The van der Waals surface area contributed by atoms with Gasteiger partial charge in [-0.3, -0.25) is 4.79 Å². The molecule has 4 heteroatoms. The number of carbonyl (C=O) groups is 1. The molecule has 0 fully saturated rings. The Hall–Kier alpha value is -0.930. The molecule has 0 radical (unpaired) electrons. The van der Waals surface area contributed by atoms with Crippen LogP contribution in [0.5, 0.6) is 0 Å². The number of unbranched alkanes of at least 4 members (excludes halogenated alkanes) is 3. The molecule has 0 bridgehead atoms. The Labute approximate surface area is 112 Å². The van der Waals surface area contributed by atoms with Crippen LogP contribution in [-0.2, 0) is 11.2 Å². The minimum Gasteiger partial charge on any atom is -0.330 e. The molecule has 0 aliphatic rings. The second-order valence-corrected chi connectivity index (χ2v) is 4.84. The van der Waals surface area contributed by atoms with E-state index in [1.165, 1.54) is 18.2 Å². The molecule has 0 aromatic heterocycles. The van der Waals surface area contributed by atoms with Gasteiger partial charge < -0.3 is 5.73 Å². The highest BCUT2D eigenvalue weighted by atomic mass is 35.5. The zero-order chi connectivity index (χ0) is 13.4. The van der Waals surface area contributed by atoms with Gasteiger partial charge in [0.25, 0.3) is 0 Å². The molecule has 0 saturated carbocycles. The molecule has 1 aromatic carbocycles. The van der Waals surface area contributed by atoms with Crippen LogP contribution >= 0.6 is 11.6 Å². The maximum absolute atomic E-state index is 13.4. The number of nitrogens with two attached hydrogens (primary N) is 1. The van der Waals surface area contributed by atoms with Crippen LogP contribution in [0.4, 0.5) is 4.39 Å². The van der Waals surface area contributed by atoms with Crippen LogP contribution in [0.2, 0.25) is 5.02 Å². The Morgan fingerprint density at radius 1 is 1.22 bits per heavy atom. The summed E-state index contributed by atoms with van der Waals surface area (Å²) in [6.07, 6.45) is 4.52. The van der Waals surface area contributed by atoms with Gasteiger partial charge in [0.15, 0.2) is 0 Å². The van der Waals surface area contributed by atoms with Gasteiger partial charge >= 0.3 is 0 Å². The Kier molecular flexibility index (Phi) is 6.91. The Morgan fingerprint density at radius 2 is 1.94 bits per heavy atom. The molecule has 0 aliphatic carbocycles. The first-order valence-corrected chi connectivity index (χ1v) is 6.67. The van der Waals surface area contributed by atoms with Gasteiger partial charge in [0.2, 0.25) is 0 Å². The van der Waals surface area contributed by atoms with E-state index < -0.39 is 0 Å². The van der Waals surface area contributed by atoms with E-state index >= 15 is 0 Å². The van der Waals surface area contributed by atoms with Crippen molar-refractivity contribution >= 4 is 17.4 Å². The van der Waals surface area contributed by atoms with E-state index in [-0.39, 0.29) is 18.0 Å². The Morgan fingerprint density at radius 3 is 2.67 bits per heavy atom. The van der Waals surface area contributed by atoms with Crippen molar-refractivity contribution in [3.05, 3.63) is 34.6 Å². The predicted octanol–water partition coefficient (Wildman–Crippen LogP) is 3.50. The number of hydrogen-bond acceptors (Lipinski definition) is 2. The molecule has 0 atom stereocenters. The molecule has 2 N–H and O–H groups in total. The second kappa shape index (κ2) is 8.22. The highest BCUT2D eigenvalue weighted by Crippen LogP contribution is 2.16. The molecule has 0 unspecified atom stereocenters. The van der Waals surface area contributed by atoms with E-state index in [0.717, 1.165) is 25.7 Å². The minimum atomic E-state index is -0.365. The van der Waals surface area contributed by atoms with Crippen LogP contribution in [0.15, 0.2) is 18.2 Å². The van der Waals surface area contributed by atoms with Crippen LogP contribution in [-0.4, -0.2) is 12.3 Å². The van der Waals surface area contributed by atoms with Gasteiger partial charge in [-0.1, -0.05) is 24.4 Å². The summed E-state index contributed by atoms with van der Waals surface area (Å²) in [5, 5.41) is 0.460. The Balaban J connectivity index is 2.33. The van der Waals surface area contributed by atoms with Gasteiger partial charge in [-0.15, -0.1) is 0 Å². The van der Waals surface area contributed by atoms with Gasteiger partial charge in [-0.05, 0) is 43.1 Å². The smallest absolute Gasteiger partial charge is 0.137 e. The third-order valence-corrected chi connectivity index (χ3v) is 3.04. The van der Waals surface area contributed by atoms with Gasteiger partial charge in [0.05, 0.1) is 0 Å². The van der Waals surface area contributed by atoms with Gasteiger partial charge in [-0.2, -0.15) is 0 Å². The third kappa shape index (κ3) is 5.61. The van der Waals surface area contributed by atoms with Crippen molar-refractivity contribution in [1.29, 1.82) is 0 Å². The quantitative estimate of drug-likeness (QED) is 0.736. The summed E-state index contributed by atoms with van der Waals surface area (Å²) in [6, 6.07) is 4.30. The van der Waals surface area contributed by atoms with Crippen LogP contribution in [0, 0.1) is 5.82 Å². The molecule has 0 aliphatic heterocycles. The lowest BCUT2D eigenvalue weighted by molar-refractivity contribution is -0.118. The van der Waals surface area contributed by atoms with Crippen LogP contribution < -0.4 is 5.73 Å². The van der Waals surface area contributed by atoms with E-state index in [1.807, 2.05) is 0 Å². The van der Waals surface area contributed by atoms with Gasteiger partial charge in [-0.25, -0.2) is 4.39 Å². The number of ketones is 1. The van der Waals surface area contributed by atoms with Crippen LogP contribution in [0.1, 0.15) is 37.7 Å². The monoisotopic (exact) mass is 271 g/mol. The molecule has 0 amide bonds. The van der Waals surface area contributed by atoms with E-state index in [9.17, 15) is 9.18 Å². The summed E-state index contributed by atoms with van der Waals surface area (Å²) in [5.41, 5.74) is 5.77. The van der Waals surface area contributed by atoms with Crippen molar-refractivity contribution in [3.63, 3.8) is 0 Å². The number of halogens is 2. The lowest BCUT2D eigenvalue weighted by Crippen LogP contribution is -2.04. The van der Waals surface area contributed by atoms with Crippen molar-refractivity contribution in [3.8, 4) is 0 Å². The zero-order valence-corrected chi connectivity index (χ0v) is 11.2.